The number of carbonyl (C=O) groups is 2. The van der Waals surface area contributed by atoms with Crippen LogP contribution in [0.25, 0.3) is 109 Å². The summed E-state index contributed by atoms with van der Waals surface area (Å²) < 4.78 is 64.5. The Bertz CT molecular complexity index is 6250. The molecule has 8 atom stereocenters. The van der Waals surface area contributed by atoms with Gasteiger partial charge in [0.2, 0.25) is 28.4 Å². The number of rotatable bonds is 24. The minimum absolute atomic E-state index is 0. The van der Waals surface area contributed by atoms with E-state index in [1.54, 1.807) is 63.3 Å². The van der Waals surface area contributed by atoms with Crippen LogP contribution in [0.15, 0.2) is 157 Å². The van der Waals surface area contributed by atoms with Gasteiger partial charge in [-0.1, -0.05) is 148 Å². The maximum atomic E-state index is 11.9. The quantitative estimate of drug-likeness (QED) is 0.00548. The first-order chi connectivity index (χ1) is 64.7. The van der Waals surface area contributed by atoms with Gasteiger partial charge in [0, 0.05) is 168 Å². The van der Waals surface area contributed by atoms with Gasteiger partial charge >= 0.3 is 0 Å². The first kappa shape index (κ1) is 112. The molecule has 137 heavy (non-hydrogen) atoms. The maximum absolute atomic E-state index is 11.9. The van der Waals surface area contributed by atoms with Crippen LogP contribution in [-0.4, -0.2) is 203 Å². The van der Waals surface area contributed by atoms with Crippen molar-refractivity contribution in [2.75, 3.05) is 126 Å². The van der Waals surface area contributed by atoms with Crippen LogP contribution in [0, 0.1) is 13.3 Å². The summed E-state index contributed by atoms with van der Waals surface area (Å²) >= 11 is 62.7. The zero-order valence-corrected chi connectivity index (χ0v) is 83.8. The summed E-state index contributed by atoms with van der Waals surface area (Å²) in [5.74, 6) is 5.36. The number of hydrogen-bond donors (Lipinski definition) is 5. The first-order valence-corrected chi connectivity index (χ1v) is 44.8. The van der Waals surface area contributed by atoms with Crippen molar-refractivity contribution >= 4 is 188 Å². The third-order valence-electron chi connectivity index (χ3n) is 21.5. The van der Waals surface area contributed by atoms with Crippen molar-refractivity contribution in [2.45, 2.75) is 81.8 Å². The Kier molecular flexibility index (Phi) is 44.4. The van der Waals surface area contributed by atoms with E-state index in [0.717, 1.165) is 91.2 Å². The standard InChI is InChI=1S/C25H25Cl2N3O4.C21H20Cl2N6O3.C21H22Cl2N4O3.C16H11Cl3N2O2.C5H10N4O.C3H3ClO.CH4.CH3.Pd/c1-4-17(31)10-14-7-8-34-13-19(14)30-25-28-12-16-9-15(5-6-18(16)29-25)22-23(26)20(32-2)11-21(33-3)24(22)27;1-30-16-8-17(31-2)20(23)18(19(16)22)11-3-4-13-12(7-11)9-25-21(26-13)27-15-10-32-6-5-14(15)28-29-24;1-28-16-8-17(29-2)20(23)18(19(16)22)11-3-4-14-12(7-11)9-25-21(26-14)27-15-10-30-6-5-13(15)24;1-22-11-6-12(23-2)15(18)13(14(11)17)8-3-4-10-9(5-8)7-20-16(19)21-10;6-4-3-10-2-1-5(4)8-9-7;1-2-3(4)5;;;/h4-6,9,11-12,14,19H,1,7-8,10,13H2,2-3H3,(H,28,29,30);3-4,7-9,14-15H,5-6,10H2,1-2H3,(H,25,26,27);3-4,7-9,13,15H,5-6,10,24H2,1-2H3,(H,25,26,27);3-7H,1-2H3;4-5H,1-3,6H2;2H,1H2;1H4;1H3;/q;;;;;;;-1;/t14-,19-;14-,15+;13-,15+;;4-,5+;;;;/m100.1..../s1. The van der Waals surface area contributed by atoms with Gasteiger partial charge in [-0.3, -0.25) is 9.59 Å². The van der Waals surface area contributed by atoms with E-state index in [1.807, 2.05) is 72.8 Å². The van der Waals surface area contributed by atoms with E-state index in [0.29, 0.717) is 192 Å². The predicted molar refractivity (Wildman–Crippen MR) is 541 cm³/mol. The molecule has 0 unspecified atom stereocenters. The number of benzene rings is 8. The van der Waals surface area contributed by atoms with Crippen molar-refractivity contribution in [3.63, 3.8) is 0 Å². The number of ketones is 1. The van der Waals surface area contributed by atoms with Crippen LogP contribution >= 0.6 is 116 Å². The molecule has 0 amide bonds. The Morgan fingerprint density at radius 1 is 0.423 bits per heavy atom. The van der Waals surface area contributed by atoms with Crippen molar-refractivity contribution in [1.82, 2.24) is 39.9 Å². The summed E-state index contributed by atoms with van der Waals surface area (Å²) in [6, 6.07) is 28.6. The monoisotopic (exact) mass is 2160 g/mol. The second-order valence-corrected chi connectivity index (χ2v) is 33.4. The summed E-state index contributed by atoms with van der Waals surface area (Å²) in [4.78, 5) is 62.3. The molecule has 4 fully saturated rings. The number of azide groups is 2. The third kappa shape index (κ3) is 28.5. The summed E-state index contributed by atoms with van der Waals surface area (Å²) in [5, 5.41) is 23.4. The van der Waals surface area contributed by atoms with Gasteiger partial charge in [-0.25, -0.2) is 39.9 Å². The largest absolute Gasteiger partial charge is 0.495 e. The summed E-state index contributed by atoms with van der Waals surface area (Å²) in [7, 11) is 12.3. The van der Waals surface area contributed by atoms with Crippen molar-refractivity contribution < 1.29 is 86.9 Å². The van der Waals surface area contributed by atoms with E-state index in [-0.39, 0.29) is 94.6 Å². The Hall–Kier alpha value is -10.3. The fourth-order valence-electron chi connectivity index (χ4n) is 14.5. The molecule has 33 nitrogen and oxygen atoms in total. The zero-order valence-electron chi connectivity index (χ0n) is 74.7. The molecule has 0 aliphatic carbocycles. The SMILES string of the molecule is C.C=CC(=O)C[C@H]1CCOC[C@H]1Nc1ncc2cc(-c3c(Cl)c(OC)cc(OC)c3Cl)ccc2n1.C=CC(=O)Cl.COc1cc(OC)c(Cl)c(-c2ccc3nc(Cl)ncc3c2)c1Cl.COc1cc(OC)c(Cl)c(-c2ccc3nc(N[C@@H]4COCC[C@@H]4N)ncc3c2)c1Cl.COc1cc(OC)c(Cl)c(-c2ccc3nc(N[C@@H]4COCC[C@@H]4N=[N+]=[N-])ncc3c2)c1Cl.[CH3-].[N-]=[N+]=N[C@H]1CCOC[C@H]1N.[Pd]. The number of nitrogens with one attached hydrogen (secondary N) is 3. The van der Waals surface area contributed by atoms with Crippen LogP contribution in [0.3, 0.4) is 0 Å². The fraction of sp³-hybridized carbons (Fsp3) is 0.323. The van der Waals surface area contributed by atoms with Crippen molar-refractivity contribution in [3.8, 4) is 90.5 Å². The molecule has 4 saturated heterocycles. The van der Waals surface area contributed by atoms with Crippen LogP contribution in [0.1, 0.15) is 39.5 Å². The van der Waals surface area contributed by atoms with E-state index in [9.17, 15) is 9.59 Å². The third-order valence-corrected chi connectivity index (χ3v) is 24.9. The van der Waals surface area contributed by atoms with E-state index in [2.05, 4.69) is 89.0 Å². The van der Waals surface area contributed by atoms with Crippen LogP contribution in [0.2, 0.25) is 45.5 Å². The fourth-order valence-corrected chi connectivity index (χ4v) is 17.5. The van der Waals surface area contributed by atoms with Gasteiger partial charge in [-0.05, 0) is 149 Å². The van der Waals surface area contributed by atoms with E-state index in [1.165, 1.54) is 48.7 Å². The molecule has 730 valence electrons. The molecule has 7 N–H and O–H groups in total. The average molecular weight is 2170 g/mol. The molecule has 4 aliphatic rings. The van der Waals surface area contributed by atoms with E-state index in [4.69, 9.17) is 195 Å². The zero-order chi connectivity index (χ0) is 96.4. The molecule has 0 saturated carbocycles. The number of fused-ring (bicyclic) bond motifs is 4. The molecule has 8 aromatic carbocycles. The molecule has 0 radical (unpaired) electrons. The minimum Gasteiger partial charge on any atom is -0.495 e. The Balaban J connectivity index is 0.000000213. The van der Waals surface area contributed by atoms with Crippen LogP contribution in [0.4, 0.5) is 17.8 Å². The summed E-state index contributed by atoms with van der Waals surface area (Å²) in [6.45, 7) is 11.1. The Morgan fingerprint density at radius 2 is 0.715 bits per heavy atom. The van der Waals surface area contributed by atoms with E-state index < -0.39 is 5.24 Å². The number of hydrogen-bond acceptors (Lipinski definition) is 29. The van der Waals surface area contributed by atoms with Gasteiger partial charge in [0.1, 0.15) is 46.0 Å². The molecule has 4 aromatic heterocycles. The average Bonchev–Trinajstić information content (AvgIpc) is 0.787. The Labute approximate surface area is 855 Å². The van der Waals surface area contributed by atoms with Gasteiger partial charge < -0.3 is 91.7 Å². The van der Waals surface area contributed by atoms with Crippen molar-refractivity contribution in [3.05, 3.63) is 221 Å². The number of aromatic nitrogens is 8. The molecule has 44 heteroatoms. The molecule has 16 rings (SSSR count). The molecule has 0 spiro atoms. The van der Waals surface area contributed by atoms with Crippen LogP contribution in [0.5, 0.6) is 46.0 Å². The number of allylic oxidation sites excluding steroid dienone is 2. The topological polar surface area (TPSA) is 434 Å². The molecule has 0 bridgehead atoms. The van der Waals surface area contributed by atoms with Gasteiger partial charge in [-0.15, -0.1) is 0 Å². The summed E-state index contributed by atoms with van der Waals surface area (Å²) in [5.41, 5.74) is 37.2. The maximum Gasteiger partial charge on any atom is 0.244 e. The minimum atomic E-state index is -0.509. The molecule has 8 heterocycles. The normalized spacial score (nSPS) is 17.3. The predicted octanol–water partition coefficient (Wildman–Crippen LogP) is 22.9. The molecule has 12 aromatic rings. The first-order valence-electron chi connectivity index (χ1n) is 41.0. The number of halogens is 10. The molecular weight excluding hydrogens is 2070 g/mol. The number of nitrogens with zero attached hydrogens (tertiary/aromatic N) is 14. The number of carbonyl (C=O) groups excluding carboxylic acids is 2. The van der Waals surface area contributed by atoms with Crippen LogP contribution in [-0.2, 0) is 49.0 Å². The van der Waals surface area contributed by atoms with E-state index >= 15 is 0 Å². The van der Waals surface area contributed by atoms with Gasteiger partial charge in [0.05, 0.1) is 176 Å². The smallest absolute Gasteiger partial charge is 0.244 e. The number of methoxy groups -OCH3 is 8. The molecular formula is C93H98Cl10N19O14Pd-. The van der Waals surface area contributed by atoms with Crippen LogP contribution < -0.4 is 65.3 Å². The van der Waals surface area contributed by atoms with Crippen molar-refractivity contribution in [1.29, 1.82) is 0 Å². The van der Waals surface area contributed by atoms with Gasteiger partial charge in [0.15, 0.2) is 5.78 Å². The molecule has 4 aliphatic heterocycles. The number of anilines is 3. The van der Waals surface area contributed by atoms with Crippen molar-refractivity contribution in [2.24, 2.45) is 27.6 Å². The number of nitrogens with two attached hydrogens (primary N) is 2. The second kappa shape index (κ2) is 54.3. The Morgan fingerprint density at radius 3 is 1.04 bits per heavy atom. The van der Waals surface area contributed by atoms with Gasteiger partial charge in [-0.2, -0.15) is 0 Å². The second-order valence-electron chi connectivity index (χ2n) is 29.7. The number of ether oxygens (including phenoxy) is 12. The summed E-state index contributed by atoms with van der Waals surface area (Å²) in [6.07, 6.45) is 12.7. The van der Waals surface area contributed by atoms with Gasteiger partial charge in [0.25, 0.3) is 0 Å².